The molecule has 0 bridgehead atoms. The van der Waals surface area contributed by atoms with Crippen molar-refractivity contribution in [2.75, 3.05) is 0 Å². The number of carbonyl (C=O) groups excluding carboxylic acids is 2. The molecule has 33 heavy (non-hydrogen) atoms. The molecule has 2 N–H and O–H groups in total. The first-order chi connectivity index (χ1) is 15.4. The van der Waals surface area contributed by atoms with Gasteiger partial charge in [-0.3, -0.25) is 4.79 Å². The molecular weight excluding hydrogens is 445 g/mol. The highest BCUT2D eigenvalue weighted by atomic mass is 19.4. The number of fused-ring (bicyclic) bond motifs is 1. The standard InChI is InChI=1S/C22H22BF4NO5/c1-11(2)19(21(30)32-9-13-4-7-17(24)16(8-13)22(25,26)27)28-20(29)15-6-5-14-10-33-23(31)18(14)12(15)3/h4-8,11,19,31H,9-10H2,1-3H3,(H,28,29)/t19-/m0/s1. The van der Waals surface area contributed by atoms with Gasteiger partial charge in [-0.2, -0.15) is 13.2 Å². The van der Waals surface area contributed by atoms with Crippen LogP contribution in [0.2, 0.25) is 0 Å². The number of ether oxygens (including phenoxy) is 1. The lowest BCUT2D eigenvalue weighted by Crippen LogP contribution is -2.46. The summed E-state index contributed by atoms with van der Waals surface area (Å²) in [5.41, 5.74) is 0.510. The predicted molar refractivity (Wildman–Crippen MR) is 111 cm³/mol. The second-order valence-electron chi connectivity index (χ2n) is 8.09. The molecule has 1 atom stereocenters. The van der Waals surface area contributed by atoms with E-state index in [9.17, 15) is 32.2 Å². The van der Waals surface area contributed by atoms with E-state index in [0.29, 0.717) is 23.2 Å². The van der Waals surface area contributed by atoms with Crippen LogP contribution in [0, 0.1) is 18.7 Å². The Bertz CT molecular complexity index is 1070. The summed E-state index contributed by atoms with van der Waals surface area (Å²) in [5.74, 6) is -3.25. The minimum atomic E-state index is -4.88. The molecule has 1 heterocycles. The van der Waals surface area contributed by atoms with Crippen LogP contribution in [-0.4, -0.2) is 30.1 Å². The van der Waals surface area contributed by atoms with Crippen molar-refractivity contribution in [3.63, 3.8) is 0 Å². The maximum absolute atomic E-state index is 13.4. The van der Waals surface area contributed by atoms with Gasteiger partial charge < -0.3 is 19.7 Å². The summed E-state index contributed by atoms with van der Waals surface area (Å²) in [5, 5.41) is 12.6. The van der Waals surface area contributed by atoms with E-state index in [2.05, 4.69) is 5.32 Å². The molecule has 0 spiro atoms. The number of hydrogen-bond donors (Lipinski definition) is 2. The van der Waals surface area contributed by atoms with E-state index in [-0.39, 0.29) is 17.7 Å². The maximum Gasteiger partial charge on any atom is 0.492 e. The van der Waals surface area contributed by atoms with E-state index in [1.807, 2.05) is 0 Å². The van der Waals surface area contributed by atoms with Gasteiger partial charge in [0.15, 0.2) is 0 Å². The third-order valence-corrected chi connectivity index (χ3v) is 5.42. The maximum atomic E-state index is 13.4. The summed E-state index contributed by atoms with van der Waals surface area (Å²) in [7, 11) is -1.14. The molecule has 0 unspecified atom stereocenters. The van der Waals surface area contributed by atoms with Crippen molar-refractivity contribution < 1.29 is 41.6 Å². The van der Waals surface area contributed by atoms with Gasteiger partial charge in [-0.1, -0.05) is 26.0 Å². The fourth-order valence-corrected chi connectivity index (χ4v) is 3.59. The second-order valence-corrected chi connectivity index (χ2v) is 8.09. The van der Waals surface area contributed by atoms with Crippen LogP contribution in [-0.2, 0) is 33.6 Å². The normalized spacial score (nSPS) is 14.3. The van der Waals surface area contributed by atoms with E-state index in [1.165, 1.54) is 0 Å². The van der Waals surface area contributed by atoms with Gasteiger partial charge in [0.2, 0.25) is 0 Å². The lowest BCUT2D eigenvalue weighted by molar-refractivity contribution is -0.148. The van der Waals surface area contributed by atoms with Crippen LogP contribution in [0.3, 0.4) is 0 Å². The minimum absolute atomic E-state index is 0.0469. The Kier molecular flexibility index (Phi) is 7.13. The number of halogens is 4. The number of carbonyl (C=O) groups is 2. The number of esters is 1. The van der Waals surface area contributed by atoms with Gasteiger partial charge in [0.1, 0.15) is 18.5 Å². The Hall–Kier alpha value is -2.92. The summed E-state index contributed by atoms with van der Waals surface area (Å²) in [6, 6.07) is 4.44. The smallest absolute Gasteiger partial charge is 0.459 e. The first-order valence-electron chi connectivity index (χ1n) is 10.1. The number of amides is 1. The molecule has 0 aliphatic carbocycles. The average Bonchev–Trinajstić information content (AvgIpc) is 3.11. The monoisotopic (exact) mass is 467 g/mol. The zero-order valence-corrected chi connectivity index (χ0v) is 18.1. The molecule has 0 fully saturated rings. The van der Waals surface area contributed by atoms with Gasteiger partial charge in [0, 0.05) is 5.56 Å². The van der Waals surface area contributed by atoms with Crippen molar-refractivity contribution in [2.45, 2.75) is 46.2 Å². The number of rotatable bonds is 6. The molecule has 1 amide bonds. The Morgan fingerprint density at radius 3 is 2.58 bits per heavy atom. The van der Waals surface area contributed by atoms with E-state index < -0.39 is 55.1 Å². The van der Waals surface area contributed by atoms with Gasteiger partial charge in [-0.15, -0.1) is 0 Å². The number of benzene rings is 2. The van der Waals surface area contributed by atoms with E-state index >= 15 is 0 Å². The third kappa shape index (κ3) is 5.36. The number of alkyl halides is 3. The van der Waals surface area contributed by atoms with Crippen molar-refractivity contribution in [2.24, 2.45) is 5.92 Å². The molecule has 0 radical (unpaired) electrons. The van der Waals surface area contributed by atoms with Gasteiger partial charge in [0.25, 0.3) is 5.91 Å². The largest absolute Gasteiger partial charge is 0.492 e. The van der Waals surface area contributed by atoms with Crippen LogP contribution in [0.15, 0.2) is 30.3 Å². The molecule has 3 rings (SSSR count). The van der Waals surface area contributed by atoms with Crippen LogP contribution in [0.1, 0.15) is 46.5 Å². The highest BCUT2D eigenvalue weighted by molar-refractivity contribution is 6.62. The first kappa shape index (κ1) is 24.7. The highest BCUT2D eigenvalue weighted by Crippen LogP contribution is 2.32. The lowest BCUT2D eigenvalue weighted by Gasteiger charge is -2.22. The van der Waals surface area contributed by atoms with Crippen LogP contribution in [0.5, 0.6) is 0 Å². The molecule has 2 aromatic rings. The van der Waals surface area contributed by atoms with Crippen molar-refractivity contribution in [1.82, 2.24) is 5.32 Å². The Morgan fingerprint density at radius 1 is 1.24 bits per heavy atom. The molecule has 1 aliphatic heterocycles. The molecule has 0 saturated carbocycles. The molecule has 0 saturated heterocycles. The number of nitrogens with one attached hydrogen (secondary N) is 1. The topological polar surface area (TPSA) is 84.9 Å². The average molecular weight is 467 g/mol. The molecule has 6 nitrogen and oxygen atoms in total. The van der Waals surface area contributed by atoms with Crippen molar-refractivity contribution >= 4 is 24.5 Å². The lowest BCUT2D eigenvalue weighted by atomic mass is 9.75. The van der Waals surface area contributed by atoms with Crippen LogP contribution < -0.4 is 10.8 Å². The van der Waals surface area contributed by atoms with E-state index in [4.69, 9.17) is 9.39 Å². The fourth-order valence-electron chi connectivity index (χ4n) is 3.59. The Morgan fingerprint density at radius 2 is 1.94 bits per heavy atom. The van der Waals surface area contributed by atoms with Gasteiger partial charge in [-0.05, 0) is 53.2 Å². The van der Waals surface area contributed by atoms with E-state index in [0.717, 1.165) is 11.6 Å². The first-order valence-corrected chi connectivity index (χ1v) is 10.1. The quantitative estimate of drug-likeness (QED) is 0.388. The zero-order valence-electron chi connectivity index (χ0n) is 18.1. The summed E-state index contributed by atoms with van der Waals surface area (Å²) < 4.78 is 62.4. The summed E-state index contributed by atoms with van der Waals surface area (Å²) >= 11 is 0. The third-order valence-electron chi connectivity index (χ3n) is 5.42. The molecule has 11 heteroatoms. The minimum Gasteiger partial charge on any atom is -0.459 e. The summed E-state index contributed by atoms with van der Waals surface area (Å²) in [4.78, 5) is 25.5. The van der Waals surface area contributed by atoms with Crippen LogP contribution in [0.25, 0.3) is 0 Å². The van der Waals surface area contributed by atoms with Gasteiger partial charge in [0.05, 0.1) is 12.2 Å². The van der Waals surface area contributed by atoms with Gasteiger partial charge in [-0.25, -0.2) is 9.18 Å². The van der Waals surface area contributed by atoms with Crippen molar-refractivity contribution in [1.29, 1.82) is 0 Å². The zero-order chi connectivity index (χ0) is 24.5. The van der Waals surface area contributed by atoms with Crippen LogP contribution >= 0.6 is 0 Å². The molecular formula is C22H22BF4NO5. The second kappa shape index (κ2) is 9.52. The van der Waals surface area contributed by atoms with Crippen molar-refractivity contribution in [3.05, 3.63) is 64.0 Å². The molecule has 176 valence electrons. The van der Waals surface area contributed by atoms with Crippen LogP contribution in [0.4, 0.5) is 17.6 Å². The fraction of sp³-hybridized carbons (Fsp3) is 0.364. The number of hydrogen-bond acceptors (Lipinski definition) is 5. The van der Waals surface area contributed by atoms with Gasteiger partial charge >= 0.3 is 19.3 Å². The summed E-state index contributed by atoms with van der Waals surface area (Å²) in [6.45, 7) is 4.68. The van der Waals surface area contributed by atoms with E-state index in [1.54, 1.807) is 32.9 Å². The van der Waals surface area contributed by atoms with Crippen molar-refractivity contribution in [3.8, 4) is 0 Å². The Balaban J connectivity index is 1.72. The summed E-state index contributed by atoms with van der Waals surface area (Å²) in [6.07, 6.45) is -4.88. The molecule has 0 aromatic heterocycles. The molecule has 2 aromatic carbocycles. The highest BCUT2D eigenvalue weighted by Gasteiger charge is 2.35. The SMILES string of the molecule is Cc1c(C(=O)N[C@H](C(=O)OCc2ccc(F)c(C(F)(F)F)c2)C(C)C)ccc2c1B(O)OC2. The predicted octanol–water partition coefficient (Wildman–Crippen LogP) is 2.87. The molecule has 1 aliphatic rings. The Labute approximate surface area is 188 Å².